The zero-order valence-electron chi connectivity index (χ0n) is 15.6. The van der Waals surface area contributed by atoms with Gasteiger partial charge in [0, 0.05) is 23.9 Å². The van der Waals surface area contributed by atoms with Crippen molar-refractivity contribution in [2.24, 2.45) is 5.92 Å². The van der Waals surface area contributed by atoms with Gasteiger partial charge in [-0.15, -0.1) is 11.3 Å². The first-order valence-corrected chi connectivity index (χ1v) is 9.89. The molecular formula is C21H18FN3O3S. The Morgan fingerprint density at radius 2 is 2.00 bits per heavy atom. The second kappa shape index (κ2) is 8.00. The number of aromatic nitrogens is 1. The van der Waals surface area contributed by atoms with E-state index in [0.29, 0.717) is 22.3 Å². The molecule has 1 aliphatic heterocycles. The summed E-state index contributed by atoms with van der Waals surface area (Å²) in [6.45, 7) is 0.279. The Morgan fingerprint density at radius 1 is 1.24 bits per heavy atom. The van der Waals surface area contributed by atoms with Crippen LogP contribution >= 0.6 is 11.3 Å². The number of nitrogens with zero attached hydrogens (tertiary/aromatic N) is 2. The summed E-state index contributed by atoms with van der Waals surface area (Å²) in [5, 5.41) is 5.03. The van der Waals surface area contributed by atoms with E-state index in [0.717, 1.165) is 5.56 Å². The number of ether oxygens (including phenoxy) is 1. The van der Waals surface area contributed by atoms with Crippen molar-refractivity contribution in [2.45, 2.75) is 6.42 Å². The van der Waals surface area contributed by atoms with Gasteiger partial charge in [-0.2, -0.15) is 0 Å². The van der Waals surface area contributed by atoms with Crippen LogP contribution in [0.3, 0.4) is 0 Å². The number of nitrogens with one attached hydrogen (secondary N) is 1. The molecule has 1 aliphatic rings. The lowest BCUT2D eigenvalue weighted by Gasteiger charge is -2.19. The van der Waals surface area contributed by atoms with Crippen molar-refractivity contribution in [1.82, 2.24) is 4.98 Å². The van der Waals surface area contributed by atoms with E-state index in [1.54, 1.807) is 41.7 Å². The first-order chi connectivity index (χ1) is 14.0. The molecule has 1 fully saturated rings. The second-order valence-electron chi connectivity index (χ2n) is 6.61. The van der Waals surface area contributed by atoms with Crippen molar-refractivity contribution in [3.63, 3.8) is 0 Å². The van der Waals surface area contributed by atoms with E-state index in [-0.39, 0.29) is 30.6 Å². The highest BCUT2D eigenvalue weighted by molar-refractivity contribution is 7.14. The number of rotatable bonds is 5. The Kier molecular flexibility index (Phi) is 5.26. The first kappa shape index (κ1) is 19.1. The lowest BCUT2D eigenvalue weighted by Crippen LogP contribution is -2.28. The van der Waals surface area contributed by atoms with Crippen molar-refractivity contribution in [1.29, 1.82) is 0 Å². The number of para-hydroxylation sites is 2. The highest BCUT2D eigenvalue weighted by Gasteiger charge is 2.36. The first-order valence-electron chi connectivity index (χ1n) is 9.01. The highest BCUT2D eigenvalue weighted by atomic mass is 32.1. The molecule has 148 valence electrons. The quantitative estimate of drug-likeness (QED) is 0.690. The highest BCUT2D eigenvalue weighted by Crippen LogP contribution is 2.33. The summed E-state index contributed by atoms with van der Waals surface area (Å²) in [6, 6.07) is 13.2. The molecule has 4 rings (SSSR count). The number of carbonyl (C=O) groups is 2. The summed E-state index contributed by atoms with van der Waals surface area (Å²) in [7, 11) is 1.55. The lowest BCUT2D eigenvalue weighted by atomic mass is 10.1. The number of benzene rings is 2. The number of hydrogen-bond donors (Lipinski definition) is 1. The molecule has 0 bridgehead atoms. The van der Waals surface area contributed by atoms with Crippen molar-refractivity contribution in [3.05, 3.63) is 59.7 Å². The third-order valence-corrected chi connectivity index (χ3v) is 5.50. The zero-order chi connectivity index (χ0) is 20.4. The van der Waals surface area contributed by atoms with E-state index in [4.69, 9.17) is 4.74 Å². The number of carbonyl (C=O) groups excluding carboxylic acids is 2. The number of halogens is 1. The summed E-state index contributed by atoms with van der Waals surface area (Å²) in [5.41, 5.74) is 2.08. The number of anilines is 2. The van der Waals surface area contributed by atoms with Crippen LogP contribution in [0.25, 0.3) is 11.3 Å². The summed E-state index contributed by atoms with van der Waals surface area (Å²) < 4.78 is 18.4. The van der Waals surface area contributed by atoms with Gasteiger partial charge >= 0.3 is 0 Å². The Labute approximate surface area is 171 Å². The predicted octanol–water partition coefficient (Wildman–Crippen LogP) is 3.95. The minimum atomic E-state index is -0.481. The maximum atomic E-state index is 13.1. The second-order valence-corrected chi connectivity index (χ2v) is 7.47. The maximum Gasteiger partial charge on any atom is 0.231 e. The molecule has 2 heterocycles. The van der Waals surface area contributed by atoms with E-state index in [1.165, 1.54) is 23.5 Å². The maximum absolute atomic E-state index is 13.1. The van der Waals surface area contributed by atoms with Gasteiger partial charge < -0.3 is 15.0 Å². The molecule has 2 aromatic carbocycles. The SMILES string of the molecule is COc1ccccc1N1CC(C(=O)Nc2nc(-c3ccc(F)cc3)cs2)CC1=O. The van der Waals surface area contributed by atoms with Crippen LogP contribution in [0, 0.1) is 11.7 Å². The summed E-state index contributed by atoms with van der Waals surface area (Å²) in [4.78, 5) is 31.1. The predicted molar refractivity (Wildman–Crippen MR) is 110 cm³/mol. The van der Waals surface area contributed by atoms with Crippen molar-refractivity contribution in [2.75, 3.05) is 23.9 Å². The molecule has 1 atom stereocenters. The van der Waals surface area contributed by atoms with Crippen LogP contribution in [0.5, 0.6) is 5.75 Å². The number of hydrogen-bond acceptors (Lipinski definition) is 5. The van der Waals surface area contributed by atoms with Gasteiger partial charge in [0.25, 0.3) is 0 Å². The number of methoxy groups -OCH3 is 1. The van der Waals surface area contributed by atoms with Crippen molar-refractivity contribution >= 4 is 34.0 Å². The Morgan fingerprint density at radius 3 is 2.76 bits per heavy atom. The molecule has 6 nitrogen and oxygen atoms in total. The monoisotopic (exact) mass is 411 g/mol. The Balaban J connectivity index is 1.44. The van der Waals surface area contributed by atoms with E-state index in [9.17, 15) is 14.0 Å². The molecule has 2 amide bonds. The zero-order valence-corrected chi connectivity index (χ0v) is 16.4. The number of thiazole rings is 1. The molecule has 1 N–H and O–H groups in total. The molecule has 3 aromatic rings. The van der Waals surface area contributed by atoms with Gasteiger partial charge in [0.2, 0.25) is 11.8 Å². The Hall–Kier alpha value is -3.26. The van der Waals surface area contributed by atoms with E-state index in [1.807, 2.05) is 12.1 Å². The third kappa shape index (κ3) is 3.97. The molecular weight excluding hydrogens is 393 g/mol. The van der Waals surface area contributed by atoms with Gasteiger partial charge in [0.1, 0.15) is 11.6 Å². The minimum Gasteiger partial charge on any atom is -0.495 e. The number of amides is 2. The standard InChI is InChI=1S/C21H18FN3O3S/c1-28-18-5-3-2-4-17(18)25-11-14(10-19(25)26)20(27)24-21-23-16(12-29-21)13-6-8-15(22)9-7-13/h2-9,12,14H,10-11H2,1H3,(H,23,24,27). The van der Waals surface area contributed by atoms with Crippen LogP contribution in [-0.4, -0.2) is 30.5 Å². The van der Waals surface area contributed by atoms with Gasteiger partial charge in [-0.3, -0.25) is 9.59 Å². The fourth-order valence-electron chi connectivity index (χ4n) is 3.26. The minimum absolute atomic E-state index is 0.124. The smallest absolute Gasteiger partial charge is 0.231 e. The van der Waals surface area contributed by atoms with Crippen LogP contribution in [0.1, 0.15) is 6.42 Å². The van der Waals surface area contributed by atoms with Crippen LogP contribution in [0.4, 0.5) is 15.2 Å². The van der Waals surface area contributed by atoms with E-state index in [2.05, 4.69) is 10.3 Å². The van der Waals surface area contributed by atoms with E-state index >= 15 is 0 Å². The molecule has 8 heteroatoms. The van der Waals surface area contributed by atoms with Crippen LogP contribution in [0.2, 0.25) is 0 Å². The van der Waals surface area contributed by atoms with Gasteiger partial charge in [-0.05, 0) is 36.4 Å². The normalized spacial score (nSPS) is 16.1. The van der Waals surface area contributed by atoms with Crippen LogP contribution in [-0.2, 0) is 9.59 Å². The van der Waals surface area contributed by atoms with Gasteiger partial charge in [0.05, 0.1) is 24.4 Å². The molecule has 1 saturated heterocycles. The fraction of sp³-hybridized carbons (Fsp3) is 0.190. The van der Waals surface area contributed by atoms with Gasteiger partial charge in [-0.25, -0.2) is 9.37 Å². The average molecular weight is 411 g/mol. The fourth-order valence-corrected chi connectivity index (χ4v) is 3.98. The third-order valence-electron chi connectivity index (χ3n) is 4.75. The van der Waals surface area contributed by atoms with Crippen molar-refractivity contribution in [3.8, 4) is 17.0 Å². The molecule has 29 heavy (non-hydrogen) atoms. The molecule has 0 radical (unpaired) electrons. The van der Waals surface area contributed by atoms with Crippen LogP contribution < -0.4 is 15.0 Å². The molecule has 0 spiro atoms. The molecule has 0 aliphatic carbocycles. The molecule has 1 unspecified atom stereocenters. The summed E-state index contributed by atoms with van der Waals surface area (Å²) >= 11 is 1.28. The summed E-state index contributed by atoms with van der Waals surface area (Å²) in [5.74, 6) is -0.587. The summed E-state index contributed by atoms with van der Waals surface area (Å²) in [6.07, 6.45) is 0.125. The average Bonchev–Trinajstić information content (AvgIpc) is 3.35. The Bertz CT molecular complexity index is 1050. The van der Waals surface area contributed by atoms with Crippen molar-refractivity contribution < 1.29 is 18.7 Å². The topological polar surface area (TPSA) is 71.5 Å². The van der Waals surface area contributed by atoms with E-state index < -0.39 is 5.92 Å². The van der Waals surface area contributed by atoms with Crippen LogP contribution in [0.15, 0.2) is 53.9 Å². The molecule has 0 saturated carbocycles. The molecule has 1 aromatic heterocycles. The van der Waals surface area contributed by atoms with Gasteiger partial charge in [0.15, 0.2) is 5.13 Å². The van der Waals surface area contributed by atoms with Gasteiger partial charge in [-0.1, -0.05) is 12.1 Å². The lowest BCUT2D eigenvalue weighted by molar-refractivity contribution is -0.122. The largest absolute Gasteiger partial charge is 0.495 e.